The number of ether oxygens (including phenoxy) is 1. The van der Waals surface area contributed by atoms with Gasteiger partial charge in [0.15, 0.2) is 5.75 Å². The first-order valence-electron chi connectivity index (χ1n) is 5.83. The molecule has 2 rings (SSSR count). The van der Waals surface area contributed by atoms with Crippen molar-refractivity contribution in [3.8, 4) is 11.6 Å². The van der Waals surface area contributed by atoms with Crippen LogP contribution in [0.5, 0.6) is 11.6 Å². The summed E-state index contributed by atoms with van der Waals surface area (Å²) in [4.78, 5) is 8.66. The Morgan fingerprint density at radius 1 is 1.39 bits per heavy atom. The van der Waals surface area contributed by atoms with Crippen LogP contribution in [0, 0.1) is 0 Å². The summed E-state index contributed by atoms with van der Waals surface area (Å²) in [5, 5.41) is 4.15. The Labute approximate surface area is 114 Å². The third-order valence-electron chi connectivity index (χ3n) is 2.36. The maximum absolute atomic E-state index is 5.67. The van der Waals surface area contributed by atoms with Gasteiger partial charge in [-0.15, -0.1) is 0 Å². The molecule has 2 heterocycles. The van der Waals surface area contributed by atoms with Gasteiger partial charge in [-0.1, -0.05) is 13.8 Å². The lowest BCUT2D eigenvalue weighted by Gasteiger charge is -2.07. The van der Waals surface area contributed by atoms with Crippen molar-refractivity contribution in [2.45, 2.75) is 33.2 Å². The van der Waals surface area contributed by atoms with Crippen molar-refractivity contribution >= 4 is 15.9 Å². The Kier molecular flexibility index (Phi) is 3.96. The van der Waals surface area contributed by atoms with E-state index >= 15 is 0 Å². The van der Waals surface area contributed by atoms with Crippen molar-refractivity contribution in [3.63, 3.8) is 0 Å². The molecule has 0 aromatic carbocycles. The Bertz CT molecular complexity index is 539. The Morgan fingerprint density at radius 2 is 2.17 bits per heavy atom. The van der Waals surface area contributed by atoms with Gasteiger partial charge >= 0.3 is 0 Å². The normalized spacial score (nSPS) is 10.9. The molecule has 0 radical (unpaired) electrons. The molecule has 0 aliphatic heterocycles. The van der Waals surface area contributed by atoms with Crippen LogP contribution in [0.4, 0.5) is 0 Å². The Balaban J connectivity index is 2.23. The summed E-state index contributed by atoms with van der Waals surface area (Å²) >= 11 is 3.36. The number of hydrogen-bond acceptors (Lipinski definition) is 4. The molecule has 0 saturated carbocycles. The molecule has 96 valence electrons. The maximum Gasteiger partial charge on any atom is 0.223 e. The van der Waals surface area contributed by atoms with E-state index in [-0.39, 0.29) is 5.92 Å². The van der Waals surface area contributed by atoms with Crippen LogP contribution in [0.3, 0.4) is 0 Å². The number of nitrogens with zero attached hydrogens (tertiary/aromatic N) is 4. The molecular formula is C12H15BrN4O. The molecule has 0 amide bonds. The minimum absolute atomic E-state index is 0.253. The van der Waals surface area contributed by atoms with Crippen molar-refractivity contribution in [1.29, 1.82) is 0 Å². The van der Waals surface area contributed by atoms with Gasteiger partial charge in [-0.3, -0.25) is 4.68 Å². The van der Waals surface area contributed by atoms with E-state index in [2.05, 4.69) is 31.0 Å². The van der Waals surface area contributed by atoms with E-state index in [9.17, 15) is 0 Å². The van der Waals surface area contributed by atoms with Gasteiger partial charge < -0.3 is 4.74 Å². The zero-order valence-corrected chi connectivity index (χ0v) is 12.2. The van der Waals surface area contributed by atoms with Crippen LogP contribution in [0.15, 0.2) is 23.1 Å². The van der Waals surface area contributed by atoms with Crippen LogP contribution in [-0.4, -0.2) is 19.7 Å². The van der Waals surface area contributed by atoms with Crippen molar-refractivity contribution in [2.75, 3.05) is 0 Å². The van der Waals surface area contributed by atoms with Gasteiger partial charge in [-0.2, -0.15) is 10.1 Å². The number of rotatable bonds is 4. The fourth-order valence-corrected chi connectivity index (χ4v) is 1.79. The molecule has 2 aromatic rings. The largest absolute Gasteiger partial charge is 0.436 e. The molecular weight excluding hydrogens is 296 g/mol. The summed E-state index contributed by atoms with van der Waals surface area (Å²) in [5.41, 5.74) is 0. The second kappa shape index (κ2) is 5.48. The SMILES string of the molecule is CCn1cc(Oc2cc(Br)nc(C(C)C)n2)cn1. The highest BCUT2D eigenvalue weighted by Crippen LogP contribution is 2.23. The van der Waals surface area contributed by atoms with Crippen LogP contribution in [0.2, 0.25) is 0 Å². The monoisotopic (exact) mass is 310 g/mol. The molecule has 0 aliphatic rings. The summed E-state index contributed by atoms with van der Waals surface area (Å²) in [6.07, 6.45) is 3.51. The second-order valence-electron chi connectivity index (χ2n) is 4.18. The molecule has 2 aromatic heterocycles. The fourth-order valence-electron chi connectivity index (χ4n) is 1.42. The van der Waals surface area contributed by atoms with Gasteiger partial charge in [0.2, 0.25) is 5.88 Å². The minimum Gasteiger partial charge on any atom is -0.436 e. The lowest BCUT2D eigenvalue weighted by atomic mass is 10.2. The molecule has 0 fully saturated rings. The molecule has 5 nitrogen and oxygen atoms in total. The van der Waals surface area contributed by atoms with Gasteiger partial charge in [0.1, 0.15) is 10.4 Å². The van der Waals surface area contributed by atoms with Gasteiger partial charge in [-0.25, -0.2) is 4.98 Å². The zero-order chi connectivity index (χ0) is 13.1. The number of hydrogen-bond donors (Lipinski definition) is 0. The Hall–Kier alpha value is -1.43. The van der Waals surface area contributed by atoms with Crippen molar-refractivity contribution in [3.05, 3.63) is 28.9 Å². The van der Waals surface area contributed by atoms with Gasteiger partial charge in [0, 0.05) is 18.5 Å². The summed E-state index contributed by atoms with van der Waals surface area (Å²) in [7, 11) is 0. The van der Waals surface area contributed by atoms with E-state index in [1.165, 1.54) is 0 Å². The summed E-state index contributed by atoms with van der Waals surface area (Å²) in [5.74, 6) is 2.21. The topological polar surface area (TPSA) is 52.8 Å². The Morgan fingerprint density at radius 3 is 2.78 bits per heavy atom. The van der Waals surface area contributed by atoms with E-state index in [4.69, 9.17) is 4.74 Å². The molecule has 0 N–H and O–H groups in total. The van der Waals surface area contributed by atoms with Gasteiger partial charge in [-0.05, 0) is 22.9 Å². The van der Waals surface area contributed by atoms with Crippen LogP contribution in [-0.2, 0) is 6.54 Å². The van der Waals surface area contributed by atoms with Gasteiger partial charge in [0.05, 0.1) is 12.4 Å². The van der Waals surface area contributed by atoms with Crippen LogP contribution in [0.1, 0.15) is 32.5 Å². The number of aromatic nitrogens is 4. The van der Waals surface area contributed by atoms with E-state index in [1.54, 1.807) is 16.9 Å². The smallest absolute Gasteiger partial charge is 0.223 e. The summed E-state index contributed by atoms with van der Waals surface area (Å²) in [6, 6.07) is 1.75. The third kappa shape index (κ3) is 3.07. The maximum atomic E-state index is 5.67. The molecule has 18 heavy (non-hydrogen) atoms. The lowest BCUT2D eigenvalue weighted by Crippen LogP contribution is -1.99. The van der Waals surface area contributed by atoms with Crippen molar-refractivity contribution in [2.24, 2.45) is 0 Å². The molecule has 6 heteroatoms. The zero-order valence-electron chi connectivity index (χ0n) is 10.6. The standard InChI is InChI=1S/C12H15BrN4O/c1-4-17-7-9(6-14-17)18-11-5-10(13)15-12(16-11)8(2)3/h5-8H,4H2,1-3H3. The first kappa shape index (κ1) is 13.0. The number of aryl methyl sites for hydroxylation is 1. The predicted octanol–water partition coefficient (Wildman–Crippen LogP) is 3.37. The average Bonchev–Trinajstić information content (AvgIpc) is 2.76. The van der Waals surface area contributed by atoms with Crippen LogP contribution >= 0.6 is 15.9 Å². The van der Waals surface area contributed by atoms with Crippen LogP contribution in [0.25, 0.3) is 0 Å². The highest BCUT2D eigenvalue weighted by atomic mass is 79.9. The first-order valence-corrected chi connectivity index (χ1v) is 6.62. The predicted molar refractivity (Wildman–Crippen MR) is 71.8 cm³/mol. The highest BCUT2D eigenvalue weighted by Gasteiger charge is 2.09. The summed E-state index contributed by atoms with van der Waals surface area (Å²) in [6.45, 7) is 6.92. The summed E-state index contributed by atoms with van der Waals surface area (Å²) < 4.78 is 8.19. The number of halogens is 1. The van der Waals surface area contributed by atoms with Crippen molar-refractivity contribution in [1.82, 2.24) is 19.7 Å². The first-order chi connectivity index (χ1) is 8.58. The molecule has 0 spiro atoms. The van der Waals surface area contributed by atoms with Crippen molar-refractivity contribution < 1.29 is 4.74 Å². The second-order valence-corrected chi connectivity index (χ2v) is 4.99. The third-order valence-corrected chi connectivity index (χ3v) is 2.77. The van der Waals surface area contributed by atoms with Gasteiger partial charge in [0.25, 0.3) is 0 Å². The van der Waals surface area contributed by atoms with E-state index in [1.807, 2.05) is 27.0 Å². The average molecular weight is 311 g/mol. The minimum atomic E-state index is 0.253. The molecule has 0 aliphatic carbocycles. The molecule has 0 saturated heterocycles. The van der Waals surface area contributed by atoms with E-state index in [0.717, 1.165) is 17.0 Å². The lowest BCUT2D eigenvalue weighted by molar-refractivity contribution is 0.455. The molecule has 0 bridgehead atoms. The van der Waals surface area contributed by atoms with E-state index in [0.29, 0.717) is 11.6 Å². The quantitative estimate of drug-likeness (QED) is 0.812. The van der Waals surface area contributed by atoms with Crippen LogP contribution < -0.4 is 4.74 Å². The van der Waals surface area contributed by atoms with E-state index < -0.39 is 0 Å². The molecule has 0 unspecified atom stereocenters. The highest BCUT2D eigenvalue weighted by molar-refractivity contribution is 9.10. The fraction of sp³-hybridized carbons (Fsp3) is 0.417. The molecule has 0 atom stereocenters.